The average Bonchev–Trinajstić information content (AvgIpc) is 2.88. The summed E-state index contributed by atoms with van der Waals surface area (Å²) in [4.78, 5) is 24.7. The first kappa shape index (κ1) is 39.0. The van der Waals surface area contributed by atoms with Crippen molar-refractivity contribution in [2.24, 2.45) is 0 Å². The summed E-state index contributed by atoms with van der Waals surface area (Å²) in [5.74, 6) is -0.194. The molecule has 0 saturated heterocycles. The highest BCUT2D eigenvalue weighted by molar-refractivity contribution is 7.45. The number of phosphoric ester groups is 1. The third-order valence-corrected chi connectivity index (χ3v) is 7.66. The Bertz CT molecular complexity index is 723. The molecule has 2 N–H and O–H groups in total. The summed E-state index contributed by atoms with van der Waals surface area (Å²) in [6.45, 7) is 4.47. The molecule has 9 heteroatoms. The number of hydrogen-bond donors (Lipinski definition) is 2. The Hall–Kier alpha value is -1.02. The van der Waals surface area contributed by atoms with Crippen LogP contribution in [0.4, 0.5) is 0 Å². The molecular weight excluding hydrogens is 527 g/mol. The highest BCUT2D eigenvalue weighted by Crippen LogP contribution is 2.38. The van der Waals surface area contributed by atoms with E-state index in [1.54, 1.807) is 0 Å². The minimum atomic E-state index is -4.53. The number of likely N-dealkylation sites (N-methyl/N-ethyl adjacent to an activating group) is 1. The number of allylic oxidation sites excluding steroid dienone is 4. The van der Waals surface area contributed by atoms with Crippen LogP contribution in [0, 0.1) is 0 Å². The summed E-state index contributed by atoms with van der Waals surface area (Å²) in [7, 11) is 1.28. The van der Waals surface area contributed by atoms with Crippen molar-refractivity contribution < 1.29 is 32.9 Å². The van der Waals surface area contributed by atoms with Gasteiger partial charge in [0.05, 0.1) is 39.9 Å². The normalized spacial score (nSPS) is 15.5. The Morgan fingerprint density at radius 3 is 2.08 bits per heavy atom. The minimum Gasteiger partial charge on any atom is -0.756 e. The molecule has 0 radical (unpaired) electrons. The van der Waals surface area contributed by atoms with Gasteiger partial charge in [-0.05, 0) is 44.9 Å². The zero-order chi connectivity index (χ0) is 30.1. The van der Waals surface area contributed by atoms with Crippen LogP contribution < -0.4 is 10.2 Å². The lowest BCUT2D eigenvalue weighted by Gasteiger charge is -2.30. The molecule has 0 rings (SSSR count). The van der Waals surface area contributed by atoms with Gasteiger partial charge in [-0.15, -0.1) is 0 Å². The number of unbranched alkanes of at least 4 members (excludes halogenated alkanes) is 10. The van der Waals surface area contributed by atoms with Crippen LogP contribution in [0.5, 0.6) is 0 Å². The zero-order valence-corrected chi connectivity index (χ0v) is 27.2. The van der Waals surface area contributed by atoms with Crippen molar-refractivity contribution in [3.63, 3.8) is 0 Å². The molecule has 40 heavy (non-hydrogen) atoms. The molecular formula is C31H61N2O6P. The Kier molecular flexibility index (Phi) is 23.9. The van der Waals surface area contributed by atoms with Crippen molar-refractivity contribution in [2.75, 3.05) is 40.9 Å². The maximum absolute atomic E-state index is 12.6. The highest BCUT2D eigenvalue weighted by Gasteiger charge is 2.24. The summed E-state index contributed by atoms with van der Waals surface area (Å²) >= 11 is 0. The van der Waals surface area contributed by atoms with Crippen LogP contribution >= 0.6 is 7.82 Å². The van der Waals surface area contributed by atoms with Gasteiger partial charge in [0.2, 0.25) is 5.91 Å². The summed E-state index contributed by atoms with van der Waals surface area (Å²) in [5.41, 5.74) is 0. The second kappa shape index (κ2) is 24.6. The first-order chi connectivity index (χ1) is 19.0. The monoisotopic (exact) mass is 588 g/mol. The van der Waals surface area contributed by atoms with Gasteiger partial charge in [-0.2, -0.15) is 0 Å². The van der Waals surface area contributed by atoms with E-state index < -0.39 is 20.0 Å². The van der Waals surface area contributed by atoms with Gasteiger partial charge in [-0.25, -0.2) is 0 Å². The second-order valence-electron chi connectivity index (χ2n) is 11.8. The molecule has 0 spiro atoms. The number of carbonyl (C=O) groups is 1. The van der Waals surface area contributed by atoms with Crippen LogP contribution in [-0.2, 0) is 18.4 Å². The topological polar surface area (TPSA) is 108 Å². The number of rotatable bonds is 27. The molecule has 0 aliphatic heterocycles. The fourth-order valence-electron chi connectivity index (χ4n) is 4.06. The van der Waals surface area contributed by atoms with Crippen LogP contribution in [0.1, 0.15) is 117 Å². The molecule has 0 heterocycles. The molecule has 3 atom stereocenters. The average molecular weight is 589 g/mol. The Balaban J connectivity index is 4.30. The molecule has 0 saturated carbocycles. The lowest BCUT2D eigenvalue weighted by Crippen LogP contribution is -2.46. The zero-order valence-electron chi connectivity index (χ0n) is 26.3. The van der Waals surface area contributed by atoms with Gasteiger partial charge in [-0.3, -0.25) is 9.36 Å². The first-order valence-corrected chi connectivity index (χ1v) is 17.1. The summed E-state index contributed by atoms with van der Waals surface area (Å²) in [5, 5.41) is 13.4. The van der Waals surface area contributed by atoms with Gasteiger partial charge in [0, 0.05) is 6.42 Å². The van der Waals surface area contributed by atoms with Gasteiger partial charge < -0.3 is 28.8 Å². The number of quaternary nitrogens is 1. The Morgan fingerprint density at radius 1 is 0.875 bits per heavy atom. The van der Waals surface area contributed by atoms with Crippen LogP contribution in [0.2, 0.25) is 0 Å². The third-order valence-electron chi connectivity index (χ3n) is 6.69. The number of nitrogens with zero attached hydrogens (tertiary/aromatic N) is 1. The molecule has 0 aliphatic rings. The van der Waals surface area contributed by atoms with Crippen molar-refractivity contribution in [1.29, 1.82) is 0 Å². The number of amides is 1. The van der Waals surface area contributed by atoms with Gasteiger partial charge in [0.25, 0.3) is 7.82 Å². The lowest BCUT2D eigenvalue weighted by atomic mass is 10.0. The molecule has 0 aromatic carbocycles. The number of phosphoric acid groups is 1. The highest BCUT2D eigenvalue weighted by atomic mass is 31.2. The fourth-order valence-corrected chi connectivity index (χ4v) is 4.79. The van der Waals surface area contributed by atoms with Crippen molar-refractivity contribution >= 4 is 13.7 Å². The van der Waals surface area contributed by atoms with E-state index in [-0.39, 0.29) is 19.1 Å². The second-order valence-corrected chi connectivity index (χ2v) is 13.2. The summed E-state index contributed by atoms with van der Waals surface area (Å²) < 4.78 is 22.8. The standard InChI is InChI=1S/C31H61N2O6P/c1-6-8-10-11-12-13-14-15-16-17-18-19-20-21-23-25-31(35)32-29(30(34)24-22-9-7-2)28-39-40(36,37)38-27-26-33(3,4)5/h12-13,15-16,29-30,34H,6-11,14,17-28H2,1-5H3,(H-,32,35,36,37)/b13-12-,16-15-. The SMILES string of the molecule is CCCCC/C=C\C/C=C\CCCCCCCC(=O)NC(COP(=O)([O-])OCC[N+](C)(C)C)C(O)CCCCC. The molecule has 8 nitrogen and oxygen atoms in total. The van der Waals surface area contributed by atoms with Crippen molar-refractivity contribution in [3.8, 4) is 0 Å². The van der Waals surface area contributed by atoms with Crippen LogP contribution in [0.3, 0.4) is 0 Å². The van der Waals surface area contributed by atoms with Crippen molar-refractivity contribution in [1.82, 2.24) is 5.32 Å². The van der Waals surface area contributed by atoms with Gasteiger partial charge in [0.1, 0.15) is 13.2 Å². The molecule has 1 amide bonds. The predicted octanol–water partition coefficient (Wildman–Crippen LogP) is 6.43. The van der Waals surface area contributed by atoms with E-state index in [2.05, 4.69) is 43.5 Å². The molecule has 236 valence electrons. The fraction of sp³-hybridized carbons (Fsp3) is 0.839. The molecule has 0 fully saturated rings. The maximum atomic E-state index is 12.6. The molecule has 3 unspecified atom stereocenters. The number of aliphatic hydroxyl groups is 1. The van der Waals surface area contributed by atoms with Crippen molar-refractivity contribution in [2.45, 2.75) is 129 Å². The largest absolute Gasteiger partial charge is 0.756 e. The van der Waals surface area contributed by atoms with E-state index >= 15 is 0 Å². The number of aliphatic hydroxyl groups excluding tert-OH is 1. The van der Waals surface area contributed by atoms with Crippen LogP contribution in [0.15, 0.2) is 24.3 Å². The third kappa shape index (κ3) is 25.9. The molecule has 0 aliphatic carbocycles. The van der Waals surface area contributed by atoms with Crippen LogP contribution in [-0.4, -0.2) is 68.5 Å². The van der Waals surface area contributed by atoms with E-state index in [1.807, 2.05) is 21.1 Å². The first-order valence-electron chi connectivity index (χ1n) is 15.7. The predicted molar refractivity (Wildman–Crippen MR) is 164 cm³/mol. The minimum absolute atomic E-state index is 0.00712. The van der Waals surface area contributed by atoms with Gasteiger partial charge >= 0.3 is 0 Å². The number of hydrogen-bond acceptors (Lipinski definition) is 6. The smallest absolute Gasteiger partial charge is 0.268 e. The molecule has 0 aromatic rings. The summed E-state index contributed by atoms with van der Waals surface area (Å²) in [6.07, 6.45) is 23.9. The van der Waals surface area contributed by atoms with Crippen molar-refractivity contribution in [3.05, 3.63) is 24.3 Å². The molecule has 0 bridgehead atoms. The quantitative estimate of drug-likeness (QED) is 0.0495. The van der Waals surface area contributed by atoms with E-state index in [0.29, 0.717) is 23.9 Å². The van der Waals surface area contributed by atoms with E-state index in [4.69, 9.17) is 9.05 Å². The Morgan fingerprint density at radius 2 is 1.45 bits per heavy atom. The van der Waals surface area contributed by atoms with E-state index in [0.717, 1.165) is 64.2 Å². The van der Waals surface area contributed by atoms with Crippen LogP contribution in [0.25, 0.3) is 0 Å². The van der Waals surface area contributed by atoms with Gasteiger partial charge in [-0.1, -0.05) is 89.5 Å². The van der Waals surface area contributed by atoms with E-state index in [9.17, 15) is 19.4 Å². The van der Waals surface area contributed by atoms with E-state index in [1.165, 1.54) is 25.7 Å². The summed E-state index contributed by atoms with van der Waals surface area (Å²) in [6, 6.07) is -0.799. The van der Waals surface area contributed by atoms with Gasteiger partial charge in [0.15, 0.2) is 0 Å². The maximum Gasteiger partial charge on any atom is 0.268 e. The number of nitrogens with one attached hydrogen (secondary N) is 1. The number of carbonyl (C=O) groups excluding carboxylic acids is 1. The lowest BCUT2D eigenvalue weighted by molar-refractivity contribution is -0.870. The molecule has 0 aromatic heterocycles. The Labute approximate surface area is 245 Å².